The van der Waals surface area contributed by atoms with Gasteiger partial charge in [-0.1, -0.05) is 60.7 Å². The number of aliphatic imine (C=N–C) groups is 1. The maximum absolute atomic E-state index is 9.39. The van der Waals surface area contributed by atoms with Crippen molar-refractivity contribution in [3.8, 4) is 6.07 Å². The van der Waals surface area contributed by atoms with E-state index in [-0.39, 0.29) is 0 Å². The third kappa shape index (κ3) is 3.33. The molecule has 2 nitrogen and oxygen atoms in total. The molecule has 20 heavy (non-hydrogen) atoms. The van der Waals surface area contributed by atoms with Crippen molar-refractivity contribution < 1.29 is 0 Å². The first-order valence-corrected chi connectivity index (χ1v) is 6.69. The summed E-state index contributed by atoms with van der Waals surface area (Å²) in [4.78, 5) is 4.70. The highest BCUT2D eigenvalue weighted by molar-refractivity contribution is 6.05. The largest absolute Gasteiger partial charge is 0.283 e. The van der Waals surface area contributed by atoms with Crippen molar-refractivity contribution >= 4 is 5.71 Å². The van der Waals surface area contributed by atoms with Gasteiger partial charge in [-0.3, -0.25) is 4.99 Å². The summed E-state index contributed by atoms with van der Waals surface area (Å²) >= 11 is 0. The summed E-state index contributed by atoms with van der Waals surface area (Å²) < 4.78 is 0. The molecular weight excluding hydrogens is 244 g/mol. The molecule has 0 bridgehead atoms. The summed E-state index contributed by atoms with van der Waals surface area (Å²) in [5.41, 5.74) is 2.39. The maximum atomic E-state index is 9.39. The second kappa shape index (κ2) is 6.16. The number of hydrogen-bond acceptors (Lipinski definition) is 2. The summed E-state index contributed by atoms with van der Waals surface area (Å²) in [5, 5.41) is 9.39. The zero-order chi connectivity index (χ0) is 14.4. The van der Waals surface area contributed by atoms with Gasteiger partial charge in [0.1, 0.15) is 0 Å². The summed E-state index contributed by atoms with van der Waals surface area (Å²) in [5.74, 6) is 0. The molecule has 0 amide bonds. The minimum atomic E-state index is -0.601. The van der Waals surface area contributed by atoms with Gasteiger partial charge in [0, 0.05) is 0 Å². The van der Waals surface area contributed by atoms with Crippen LogP contribution in [0.5, 0.6) is 0 Å². The second-order valence-electron chi connectivity index (χ2n) is 5.25. The average molecular weight is 262 g/mol. The highest BCUT2D eigenvalue weighted by atomic mass is 14.8. The van der Waals surface area contributed by atoms with Gasteiger partial charge in [0.15, 0.2) is 0 Å². The smallest absolute Gasteiger partial charge is 0.0938 e. The molecule has 0 unspecified atom stereocenters. The van der Waals surface area contributed by atoms with Gasteiger partial charge in [-0.2, -0.15) is 5.26 Å². The summed E-state index contributed by atoms with van der Waals surface area (Å²) in [6.45, 7) is 4.41. The molecule has 100 valence electrons. The van der Waals surface area contributed by atoms with Crippen LogP contribution in [0.25, 0.3) is 0 Å². The molecule has 0 saturated carbocycles. The number of nitriles is 1. The Morgan fingerprint density at radius 1 is 1.00 bits per heavy atom. The van der Waals surface area contributed by atoms with Gasteiger partial charge in [-0.25, -0.2) is 0 Å². The zero-order valence-electron chi connectivity index (χ0n) is 11.9. The highest BCUT2D eigenvalue weighted by Crippen LogP contribution is 2.22. The van der Waals surface area contributed by atoms with E-state index in [1.54, 1.807) is 0 Å². The molecule has 0 radical (unpaired) electrons. The molecule has 0 aromatic heterocycles. The van der Waals surface area contributed by atoms with Gasteiger partial charge in [-0.05, 0) is 25.0 Å². The second-order valence-corrected chi connectivity index (χ2v) is 5.25. The molecule has 0 saturated heterocycles. The van der Waals surface area contributed by atoms with Crippen LogP contribution < -0.4 is 0 Å². The van der Waals surface area contributed by atoms with E-state index >= 15 is 0 Å². The minimum absolute atomic E-state index is 0.593. The van der Waals surface area contributed by atoms with Crippen LogP contribution in [-0.2, 0) is 6.54 Å². The van der Waals surface area contributed by atoms with Crippen molar-refractivity contribution in [3.63, 3.8) is 0 Å². The number of nitrogens with zero attached hydrogens (tertiary/aromatic N) is 2. The molecule has 0 heterocycles. The predicted octanol–water partition coefficient (Wildman–Crippen LogP) is 4.23. The molecular formula is C18H18N2. The topological polar surface area (TPSA) is 36.1 Å². The van der Waals surface area contributed by atoms with E-state index in [0.717, 1.165) is 16.8 Å². The van der Waals surface area contributed by atoms with Crippen LogP contribution in [0.15, 0.2) is 65.7 Å². The van der Waals surface area contributed by atoms with Crippen LogP contribution in [0.2, 0.25) is 0 Å². The van der Waals surface area contributed by atoms with E-state index in [9.17, 15) is 5.26 Å². The van der Waals surface area contributed by atoms with Crippen LogP contribution >= 0.6 is 0 Å². The van der Waals surface area contributed by atoms with Crippen LogP contribution in [0.3, 0.4) is 0 Å². The third-order valence-corrected chi connectivity index (χ3v) is 3.18. The molecule has 0 aliphatic rings. The Balaban J connectivity index is 2.36. The lowest BCUT2D eigenvalue weighted by molar-refractivity contribution is 0.689. The summed E-state index contributed by atoms with van der Waals surface area (Å²) in [6.07, 6.45) is 0. The lowest BCUT2D eigenvalue weighted by atomic mass is 9.85. The van der Waals surface area contributed by atoms with Gasteiger partial charge < -0.3 is 0 Å². The SMILES string of the molecule is CC(C)(C#N)/C(=N\Cc1ccccc1)c1ccccc1. The maximum Gasteiger partial charge on any atom is 0.0938 e. The first-order valence-electron chi connectivity index (χ1n) is 6.69. The van der Waals surface area contributed by atoms with Crippen molar-refractivity contribution in [2.45, 2.75) is 20.4 Å². The Morgan fingerprint density at radius 2 is 1.55 bits per heavy atom. The lowest BCUT2D eigenvalue weighted by Gasteiger charge is -2.19. The Morgan fingerprint density at radius 3 is 2.10 bits per heavy atom. The average Bonchev–Trinajstić information content (AvgIpc) is 2.49. The van der Waals surface area contributed by atoms with E-state index in [0.29, 0.717) is 6.54 Å². The molecule has 0 spiro atoms. The molecule has 0 aliphatic carbocycles. The summed E-state index contributed by atoms with van der Waals surface area (Å²) in [7, 11) is 0. The predicted molar refractivity (Wildman–Crippen MR) is 82.5 cm³/mol. The molecule has 0 fully saturated rings. The monoisotopic (exact) mass is 262 g/mol. The Labute approximate surface area is 120 Å². The normalized spacial score (nSPS) is 11.9. The lowest BCUT2D eigenvalue weighted by Crippen LogP contribution is -2.23. The molecule has 2 aromatic rings. The number of hydrogen-bond donors (Lipinski definition) is 0. The minimum Gasteiger partial charge on any atom is -0.283 e. The van der Waals surface area contributed by atoms with Crippen LogP contribution in [0.1, 0.15) is 25.0 Å². The standard InChI is InChI=1S/C18H18N2/c1-18(2,14-19)17(16-11-7-4-8-12-16)20-13-15-9-5-3-6-10-15/h3-12H,13H2,1-2H3/b20-17-. The van der Waals surface area contributed by atoms with Gasteiger partial charge in [-0.15, -0.1) is 0 Å². The van der Waals surface area contributed by atoms with Crippen LogP contribution in [-0.4, -0.2) is 5.71 Å². The third-order valence-electron chi connectivity index (χ3n) is 3.18. The van der Waals surface area contributed by atoms with E-state index in [4.69, 9.17) is 4.99 Å². The van der Waals surface area contributed by atoms with Crippen molar-refractivity contribution in [1.29, 1.82) is 5.26 Å². The van der Waals surface area contributed by atoms with Crippen LogP contribution in [0, 0.1) is 16.7 Å². The molecule has 0 aliphatic heterocycles. The molecule has 2 heteroatoms. The molecule has 2 aromatic carbocycles. The van der Waals surface area contributed by atoms with Gasteiger partial charge in [0.05, 0.1) is 23.7 Å². The molecule has 0 N–H and O–H groups in total. The molecule has 0 atom stereocenters. The van der Waals surface area contributed by atoms with E-state index in [2.05, 4.69) is 6.07 Å². The van der Waals surface area contributed by atoms with E-state index in [1.165, 1.54) is 0 Å². The van der Waals surface area contributed by atoms with Crippen molar-refractivity contribution in [2.75, 3.05) is 0 Å². The zero-order valence-corrected chi connectivity index (χ0v) is 11.9. The fourth-order valence-electron chi connectivity index (χ4n) is 2.05. The number of benzene rings is 2. The van der Waals surface area contributed by atoms with E-state index < -0.39 is 5.41 Å². The Bertz CT molecular complexity index is 619. The van der Waals surface area contributed by atoms with Crippen LogP contribution in [0.4, 0.5) is 0 Å². The van der Waals surface area contributed by atoms with Crippen molar-refractivity contribution in [3.05, 3.63) is 71.8 Å². The van der Waals surface area contributed by atoms with Gasteiger partial charge in [0.2, 0.25) is 0 Å². The Kier molecular flexibility index (Phi) is 4.32. The number of rotatable bonds is 4. The summed E-state index contributed by atoms with van der Waals surface area (Å²) in [6, 6.07) is 22.4. The van der Waals surface area contributed by atoms with Crippen molar-refractivity contribution in [1.82, 2.24) is 0 Å². The molecule has 2 rings (SSSR count). The Hall–Kier alpha value is -2.40. The quantitative estimate of drug-likeness (QED) is 0.760. The first kappa shape index (κ1) is 14.0. The highest BCUT2D eigenvalue weighted by Gasteiger charge is 2.25. The van der Waals surface area contributed by atoms with E-state index in [1.807, 2.05) is 74.5 Å². The van der Waals surface area contributed by atoms with Crippen molar-refractivity contribution in [2.24, 2.45) is 10.4 Å². The fraction of sp³-hybridized carbons (Fsp3) is 0.222. The first-order chi connectivity index (χ1) is 9.63. The fourth-order valence-corrected chi connectivity index (χ4v) is 2.05. The van der Waals surface area contributed by atoms with Gasteiger partial charge in [0.25, 0.3) is 0 Å². The van der Waals surface area contributed by atoms with Gasteiger partial charge >= 0.3 is 0 Å².